The van der Waals surface area contributed by atoms with Gasteiger partial charge in [0, 0.05) is 12.5 Å². The predicted molar refractivity (Wildman–Crippen MR) is 153 cm³/mol. The monoisotopic (exact) mass is 506 g/mol. The predicted octanol–water partition coefficient (Wildman–Crippen LogP) is 7.61. The number of thioether (sulfide) groups is 2. The number of rotatable bonds is 4. The van der Waals surface area contributed by atoms with Gasteiger partial charge in [0.15, 0.2) is 15.0 Å². The number of Topliss-reactive ketones (excluding diaryl/α,β-unsaturated/α-hetero) is 1. The lowest BCUT2D eigenvalue weighted by Crippen LogP contribution is -2.34. The van der Waals surface area contributed by atoms with Crippen LogP contribution in [0.1, 0.15) is 40.3 Å². The fourth-order valence-corrected chi connectivity index (χ4v) is 9.12. The number of nitrogens with zero attached hydrogens (tertiary/aromatic N) is 2. The van der Waals surface area contributed by atoms with Crippen molar-refractivity contribution in [3.63, 3.8) is 0 Å². The van der Waals surface area contributed by atoms with Crippen LogP contribution in [0.5, 0.6) is 0 Å². The molecule has 36 heavy (non-hydrogen) atoms. The summed E-state index contributed by atoms with van der Waals surface area (Å²) in [6.45, 7) is 5.99. The van der Waals surface area contributed by atoms with Gasteiger partial charge in [-0.15, -0.1) is 0 Å². The quantitative estimate of drug-likeness (QED) is 0.285. The summed E-state index contributed by atoms with van der Waals surface area (Å²) in [5.74, 6) is -0.0137. The van der Waals surface area contributed by atoms with Crippen LogP contribution in [0, 0.1) is 13.8 Å². The summed E-state index contributed by atoms with van der Waals surface area (Å²) in [5, 5.41) is 7.53. The zero-order chi connectivity index (χ0) is 24.9. The number of hydrogen-bond acceptors (Lipinski definition) is 5. The van der Waals surface area contributed by atoms with Gasteiger partial charge in [-0.05, 0) is 53.8 Å². The molecule has 3 nitrogen and oxygen atoms in total. The van der Waals surface area contributed by atoms with Gasteiger partial charge in [0.1, 0.15) is 0 Å². The smallest absolute Gasteiger partial charge is 0.187 e. The van der Waals surface area contributed by atoms with Crippen LogP contribution in [-0.4, -0.2) is 10.8 Å². The van der Waals surface area contributed by atoms with E-state index in [-0.39, 0.29) is 5.78 Å². The number of benzene rings is 4. The second-order valence-electron chi connectivity index (χ2n) is 9.25. The van der Waals surface area contributed by atoms with Crippen molar-refractivity contribution in [3.05, 3.63) is 137 Å². The number of hydrogen-bond donors (Lipinski definition) is 0. The summed E-state index contributed by atoms with van der Waals surface area (Å²) < 4.78 is -1.11. The van der Waals surface area contributed by atoms with Gasteiger partial charge >= 0.3 is 0 Å². The van der Waals surface area contributed by atoms with E-state index in [9.17, 15) is 4.79 Å². The number of hydrazone groups is 1. The largest absolute Gasteiger partial charge is 0.292 e. The van der Waals surface area contributed by atoms with E-state index in [2.05, 4.69) is 104 Å². The highest BCUT2D eigenvalue weighted by Crippen LogP contribution is 2.71. The van der Waals surface area contributed by atoms with Gasteiger partial charge in [0.25, 0.3) is 0 Å². The van der Waals surface area contributed by atoms with Crippen molar-refractivity contribution in [2.45, 2.75) is 29.7 Å². The van der Waals surface area contributed by atoms with Crippen molar-refractivity contribution in [1.29, 1.82) is 0 Å². The van der Waals surface area contributed by atoms with Crippen molar-refractivity contribution < 1.29 is 4.79 Å². The highest BCUT2D eigenvalue weighted by Gasteiger charge is 2.62. The second-order valence-corrected chi connectivity index (χ2v) is 12.1. The van der Waals surface area contributed by atoms with Gasteiger partial charge in [-0.1, -0.05) is 115 Å². The molecule has 1 spiro atoms. The Bertz CT molecular complexity index is 1470. The fourth-order valence-electron chi connectivity index (χ4n) is 5.39. The molecule has 2 aliphatic rings. The average Bonchev–Trinajstić information content (AvgIpc) is 3.43. The number of para-hydroxylation sites is 1. The topological polar surface area (TPSA) is 32.7 Å². The Morgan fingerprint density at radius 3 is 1.75 bits per heavy atom. The summed E-state index contributed by atoms with van der Waals surface area (Å²) in [4.78, 5) is 12.7. The molecular weight excluding hydrogens is 480 g/mol. The van der Waals surface area contributed by atoms with E-state index in [0.717, 1.165) is 5.69 Å². The van der Waals surface area contributed by atoms with Crippen molar-refractivity contribution in [3.8, 4) is 0 Å². The van der Waals surface area contributed by atoms with Crippen LogP contribution in [0.3, 0.4) is 0 Å². The molecule has 0 saturated carbocycles. The number of ketones is 1. The minimum absolute atomic E-state index is 0.0137. The van der Waals surface area contributed by atoms with Crippen molar-refractivity contribution in [2.75, 3.05) is 5.01 Å². The Morgan fingerprint density at radius 2 is 1.19 bits per heavy atom. The third kappa shape index (κ3) is 3.30. The number of fused-ring (bicyclic) bond motifs is 2. The van der Waals surface area contributed by atoms with Crippen molar-refractivity contribution in [2.24, 2.45) is 5.10 Å². The Hall–Kier alpha value is -3.28. The van der Waals surface area contributed by atoms with Crippen LogP contribution in [-0.2, 0) is 13.7 Å². The first-order valence-corrected chi connectivity index (χ1v) is 13.7. The van der Waals surface area contributed by atoms with E-state index < -0.39 is 8.95 Å². The van der Waals surface area contributed by atoms with Gasteiger partial charge in [-0.3, -0.25) is 4.79 Å². The number of anilines is 1. The first kappa shape index (κ1) is 23.1. The third-order valence-corrected chi connectivity index (χ3v) is 10.4. The van der Waals surface area contributed by atoms with E-state index in [4.69, 9.17) is 5.10 Å². The molecule has 5 heteroatoms. The van der Waals surface area contributed by atoms with E-state index in [1.165, 1.54) is 33.4 Å². The molecule has 0 amide bonds. The molecule has 0 N–H and O–H groups in total. The van der Waals surface area contributed by atoms with Crippen molar-refractivity contribution >= 4 is 40.0 Å². The normalized spacial score (nSPS) is 19.9. The minimum Gasteiger partial charge on any atom is -0.292 e. The lowest BCUT2D eigenvalue weighted by molar-refractivity contribution is -0.110. The second kappa shape index (κ2) is 8.68. The summed E-state index contributed by atoms with van der Waals surface area (Å²) in [6.07, 6.45) is 0. The third-order valence-electron chi connectivity index (χ3n) is 6.99. The standard InChI is InChI=1S/C31H26N2OS2/c1-21-13-7-9-17-25(21)30(26-18-10-8-14-22(26)2)27-19-11-12-20-28(27)31(36-30)33(24-15-5-4-6-16-24)32-29(35-31)23(3)34/h4-20H,1-3H3/t31-/m0/s1. The molecule has 0 radical (unpaired) electrons. The molecule has 0 unspecified atom stereocenters. The van der Waals surface area contributed by atoms with Crippen LogP contribution in [0.4, 0.5) is 5.69 Å². The van der Waals surface area contributed by atoms with Gasteiger partial charge in [0.2, 0.25) is 0 Å². The molecule has 2 aliphatic heterocycles. The molecule has 0 bridgehead atoms. The number of aryl methyl sites for hydroxylation is 2. The molecular formula is C31H26N2OS2. The fraction of sp³-hybridized carbons (Fsp3) is 0.161. The maximum Gasteiger partial charge on any atom is 0.187 e. The maximum atomic E-state index is 12.7. The zero-order valence-electron chi connectivity index (χ0n) is 20.4. The molecule has 0 aliphatic carbocycles. The Balaban J connectivity index is 1.69. The molecule has 0 aromatic heterocycles. The summed E-state index contributed by atoms with van der Waals surface area (Å²) in [7, 11) is 0. The lowest BCUT2D eigenvalue weighted by Gasteiger charge is -2.38. The van der Waals surface area contributed by atoms with Crippen LogP contribution in [0.15, 0.2) is 108 Å². The van der Waals surface area contributed by atoms with Crippen LogP contribution < -0.4 is 5.01 Å². The first-order valence-electron chi connectivity index (χ1n) is 12.0. The highest BCUT2D eigenvalue weighted by molar-refractivity contribution is 8.27. The summed E-state index contributed by atoms with van der Waals surface area (Å²) in [5.41, 5.74) is 8.39. The summed E-state index contributed by atoms with van der Waals surface area (Å²) in [6, 6.07) is 36.2. The highest BCUT2D eigenvalue weighted by atomic mass is 32.2. The molecule has 1 atom stereocenters. The van der Waals surface area contributed by atoms with Crippen LogP contribution in [0.2, 0.25) is 0 Å². The Kier molecular flexibility index (Phi) is 5.58. The molecule has 4 aromatic rings. The zero-order valence-corrected chi connectivity index (χ0v) is 22.1. The van der Waals surface area contributed by atoms with Crippen LogP contribution in [0.25, 0.3) is 0 Å². The molecule has 178 valence electrons. The SMILES string of the molecule is CC(=O)C1=NN(c2ccccc2)[C@@]2(S1)SC(c1ccccc1C)(c1ccccc1C)c1ccccc12. The summed E-state index contributed by atoms with van der Waals surface area (Å²) >= 11 is 3.44. The molecule has 6 rings (SSSR count). The Morgan fingerprint density at radius 1 is 0.694 bits per heavy atom. The van der Waals surface area contributed by atoms with E-state index >= 15 is 0 Å². The van der Waals surface area contributed by atoms with Gasteiger partial charge < -0.3 is 0 Å². The molecule has 2 heterocycles. The maximum absolute atomic E-state index is 12.7. The molecule has 0 saturated heterocycles. The van der Waals surface area contributed by atoms with Gasteiger partial charge in [-0.25, -0.2) is 5.01 Å². The molecule has 0 fully saturated rings. The van der Waals surface area contributed by atoms with Crippen molar-refractivity contribution in [1.82, 2.24) is 0 Å². The van der Waals surface area contributed by atoms with Crippen LogP contribution >= 0.6 is 23.5 Å². The van der Waals surface area contributed by atoms with E-state index in [1.54, 1.807) is 18.7 Å². The number of carbonyl (C=O) groups excluding carboxylic acids is 1. The lowest BCUT2D eigenvalue weighted by atomic mass is 9.79. The van der Waals surface area contributed by atoms with E-state index in [1.807, 2.05) is 30.0 Å². The number of carbonyl (C=O) groups is 1. The first-order chi connectivity index (χ1) is 17.5. The Labute approximate surface area is 220 Å². The van der Waals surface area contributed by atoms with Gasteiger partial charge in [-0.2, -0.15) is 5.10 Å². The molecule has 4 aromatic carbocycles. The minimum atomic E-state index is -0.635. The average molecular weight is 507 g/mol. The van der Waals surface area contributed by atoms with E-state index in [0.29, 0.717) is 5.04 Å². The van der Waals surface area contributed by atoms with Gasteiger partial charge in [0.05, 0.1) is 10.4 Å².